The second kappa shape index (κ2) is 8.52. The van der Waals surface area contributed by atoms with Crippen LogP contribution in [0.1, 0.15) is 44.7 Å². The Morgan fingerprint density at radius 2 is 1.43 bits per heavy atom. The Kier molecular flexibility index (Phi) is 5.62. The summed E-state index contributed by atoms with van der Waals surface area (Å²) in [6.07, 6.45) is 0. The smallest absolute Gasteiger partial charge is 0.204 e. The lowest BCUT2D eigenvalue weighted by atomic mass is 10.00. The Hall–Kier alpha value is -3.67. The lowest BCUT2D eigenvalue weighted by molar-refractivity contribution is 0.101. The molecule has 0 radical (unpaired) electrons. The summed E-state index contributed by atoms with van der Waals surface area (Å²) in [6, 6.07) is 16.9. The van der Waals surface area contributed by atoms with Crippen LogP contribution >= 0.6 is 23.2 Å². The van der Waals surface area contributed by atoms with E-state index in [4.69, 9.17) is 27.6 Å². The maximum Gasteiger partial charge on any atom is 0.204 e. The average Bonchev–Trinajstić information content (AvgIpc) is 3.10. The van der Waals surface area contributed by atoms with Crippen LogP contribution in [0.5, 0.6) is 0 Å². The van der Waals surface area contributed by atoms with Crippen LogP contribution in [-0.4, -0.2) is 16.1 Å². The molecule has 174 valence electrons. The second-order valence-electron chi connectivity index (χ2n) is 8.39. The van der Waals surface area contributed by atoms with Crippen LogP contribution in [0, 0.1) is 13.8 Å². The number of rotatable bonds is 4. The summed E-state index contributed by atoms with van der Waals surface area (Å²) in [7, 11) is 0. The van der Waals surface area contributed by atoms with Crippen molar-refractivity contribution in [2.45, 2.75) is 20.8 Å². The molecule has 0 aliphatic carbocycles. The third kappa shape index (κ3) is 3.77. The number of hydrogen-bond donors (Lipinski definition) is 0. The summed E-state index contributed by atoms with van der Waals surface area (Å²) in [4.78, 5) is 39.4. The fourth-order valence-electron chi connectivity index (χ4n) is 4.59. The monoisotopic (exact) mass is 503 g/mol. The molecule has 0 atom stereocenters. The topological polar surface area (TPSA) is 69.3 Å². The predicted octanol–water partition coefficient (Wildman–Crippen LogP) is 7.09. The molecule has 35 heavy (non-hydrogen) atoms. The number of aryl methyl sites for hydroxylation is 1. The molecule has 5 aromatic rings. The summed E-state index contributed by atoms with van der Waals surface area (Å²) < 4.78 is 7.87. The Morgan fingerprint density at radius 1 is 0.829 bits per heavy atom. The number of aromatic nitrogens is 1. The van der Waals surface area contributed by atoms with Crippen molar-refractivity contribution in [1.29, 1.82) is 0 Å². The molecule has 7 heteroatoms. The minimum absolute atomic E-state index is 0.0349. The number of hydrogen-bond acceptors (Lipinski definition) is 4. The normalized spacial score (nSPS) is 11.3. The van der Waals surface area contributed by atoms with Gasteiger partial charge < -0.3 is 8.98 Å². The third-order valence-electron chi connectivity index (χ3n) is 6.16. The van der Waals surface area contributed by atoms with E-state index in [2.05, 4.69) is 0 Å². The fourth-order valence-corrected chi connectivity index (χ4v) is 4.84. The minimum Gasteiger partial charge on any atom is -0.460 e. The Balaban J connectivity index is 1.83. The van der Waals surface area contributed by atoms with Crippen LogP contribution in [0.2, 0.25) is 10.0 Å². The molecule has 0 fully saturated rings. The summed E-state index contributed by atoms with van der Waals surface area (Å²) in [5, 5.41) is 1.99. The first-order valence-electron chi connectivity index (χ1n) is 10.9. The van der Waals surface area contributed by atoms with E-state index in [9.17, 15) is 14.4 Å². The van der Waals surface area contributed by atoms with Crippen molar-refractivity contribution in [2.75, 3.05) is 0 Å². The van der Waals surface area contributed by atoms with Crippen molar-refractivity contribution in [3.8, 4) is 5.69 Å². The van der Waals surface area contributed by atoms with E-state index in [0.717, 1.165) is 11.4 Å². The zero-order chi connectivity index (χ0) is 25.0. The maximum absolute atomic E-state index is 13.6. The number of carbonyl (C=O) groups is 2. The van der Waals surface area contributed by atoms with Gasteiger partial charge >= 0.3 is 0 Å². The number of Topliss-reactive ketones (excluding diaryl/α,β-unsaturated/α-hetero) is 1. The molecule has 2 heterocycles. The van der Waals surface area contributed by atoms with E-state index >= 15 is 0 Å². The molecule has 3 aromatic carbocycles. The van der Waals surface area contributed by atoms with Gasteiger partial charge in [-0.25, -0.2) is 0 Å². The van der Waals surface area contributed by atoms with Crippen molar-refractivity contribution in [1.82, 2.24) is 4.57 Å². The first-order valence-corrected chi connectivity index (χ1v) is 11.6. The number of nitrogens with zero attached hydrogens (tertiary/aromatic N) is 1. The van der Waals surface area contributed by atoms with Gasteiger partial charge in [0.2, 0.25) is 5.43 Å². The SMILES string of the molecule is CC(=O)c1c(C)n(-c2ccc(Cl)cc2)c2cc3c(=O)c(C(=O)c4ccc(Cl)cc4)c(C)oc3cc12. The van der Waals surface area contributed by atoms with E-state index in [-0.39, 0.29) is 22.5 Å². The average molecular weight is 504 g/mol. The van der Waals surface area contributed by atoms with Gasteiger partial charge in [-0.1, -0.05) is 23.2 Å². The van der Waals surface area contributed by atoms with Gasteiger partial charge in [-0.3, -0.25) is 14.4 Å². The summed E-state index contributed by atoms with van der Waals surface area (Å²) in [6.45, 7) is 4.95. The Morgan fingerprint density at radius 3 is 2.03 bits per heavy atom. The van der Waals surface area contributed by atoms with Gasteiger partial charge in [-0.2, -0.15) is 0 Å². The van der Waals surface area contributed by atoms with Gasteiger partial charge in [-0.05, 0) is 81.4 Å². The molecule has 5 nitrogen and oxygen atoms in total. The van der Waals surface area contributed by atoms with Crippen molar-refractivity contribution in [3.63, 3.8) is 0 Å². The van der Waals surface area contributed by atoms with Gasteiger partial charge in [0, 0.05) is 37.9 Å². The molecule has 0 saturated carbocycles. The number of benzene rings is 3. The first-order chi connectivity index (χ1) is 16.7. The largest absolute Gasteiger partial charge is 0.460 e. The Bertz CT molecular complexity index is 1730. The van der Waals surface area contributed by atoms with E-state index in [1.807, 2.05) is 23.6 Å². The molecule has 0 spiro atoms. The van der Waals surface area contributed by atoms with Crippen molar-refractivity contribution >= 4 is 56.6 Å². The standard InChI is InChI=1S/C28H19Cl2NO4/c1-14-25(15(2)32)21-13-24-22(12-23(21)31(14)20-10-8-19(30)9-11-20)28(34)26(16(3)35-24)27(33)17-4-6-18(29)7-5-17/h4-13H,1-3H3. The molecule has 0 unspecified atom stereocenters. The van der Waals surface area contributed by atoms with Gasteiger partial charge in [0.1, 0.15) is 16.9 Å². The van der Waals surface area contributed by atoms with Gasteiger partial charge in [-0.15, -0.1) is 0 Å². The summed E-state index contributed by atoms with van der Waals surface area (Å²) in [5.41, 5.74) is 2.89. The van der Waals surface area contributed by atoms with E-state index < -0.39 is 11.2 Å². The van der Waals surface area contributed by atoms with Crippen LogP contribution in [0.15, 0.2) is 69.9 Å². The molecular weight excluding hydrogens is 485 g/mol. The molecular formula is C28H19Cl2NO4. The number of halogens is 2. The van der Waals surface area contributed by atoms with Crippen LogP contribution in [0.25, 0.3) is 27.6 Å². The van der Waals surface area contributed by atoms with Crippen molar-refractivity contribution in [2.24, 2.45) is 0 Å². The summed E-state index contributed by atoms with van der Waals surface area (Å²) >= 11 is 12.0. The molecule has 0 N–H and O–H groups in total. The number of fused-ring (bicyclic) bond motifs is 2. The Labute approximate surface area is 210 Å². The molecule has 5 rings (SSSR count). The first kappa shape index (κ1) is 23.1. The fraction of sp³-hybridized carbons (Fsp3) is 0.107. The van der Waals surface area contributed by atoms with Crippen LogP contribution in [0.3, 0.4) is 0 Å². The molecule has 2 aromatic heterocycles. The highest BCUT2D eigenvalue weighted by atomic mass is 35.5. The second-order valence-corrected chi connectivity index (χ2v) is 9.27. The maximum atomic E-state index is 13.6. The lowest BCUT2D eigenvalue weighted by Crippen LogP contribution is -2.18. The van der Waals surface area contributed by atoms with Gasteiger partial charge in [0.05, 0.1) is 10.9 Å². The van der Waals surface area contributed by atoms with Crippen LogP contribution in [0.4, 0.5) is 0 Å². The lowest BCUT2D eigenvalue weighted by Gasteiger charge is -2.10. The van der Waals surface area contributed by atoms with Crippen molar-refractivity contribution in [3.05, 3.63) is 109 Å². The van der Waals surface area contributed by atoms with Crippen LogP contribution < -0.4 is 5.43 Å². The highest BCUT2D eigenvalue weighted by molar-refractivity contribution is 6.31. The minimum atomic E-state index is -0.441. The quantitative estimate of drug-likeness (QED) is 0.245. The number of carbonyl (C=O) groups excluding carboxylic acids is 2. The zero-order valence-electron chi connectivity index (χ0n) is 19.1. The van der Waals surface area contributed by atoms with Gasteiger partial charge in [0.25, 0.3) is 0 Å². The predicted molar refractivity (Wildman–Crippen MR) is 139 cm³/mol. The van der Waals surface area contributed by atoms with E-state index in [1.54, 1.807) is 55.5 Å². The summed E-state index contributed by atoms with van der Waals surface area (Å²) in [5.74, 6) is -0.336. The van der Waals surface area contributed by atoms with Gasteiger partial charge in [0.15, 0.2) is 11.6 Å². The molecule has 0 bridgehead atoms. The molecule has 0 saturated heterocycles. The highest BCUT2D eigenvalue weighted by Crippen LogP contribution is 2.33. The zero-order valence-corrected chi connectivity index (χ0v) is 20.6. The number of ketones is 2. The molecule has 0 amide bonds. The third-order valence-corrected chi connectivity index (χ3v) is 6.67. The molecule has 0 aliphatic rings. The van der Waals surface area contributed by atoms with Crippen LogP contribution in [-0.2, 0) is 0 Å². The molecule has 0 aliphatic heterocycles. The highest BCUT2D eigenvalue weighted by Gasteiger charge is 2.24. The van der Waals surface area contributed by atoms with Crippen molar-refractivity contribution < 1.29 is 14.0 Å². The van der Waals surface area contributed by atoms with E-state index in [1.165, 1.54) is 6.92 Å². The van der Waals surface area contributed by atoms with E-state index in [0.29, 0.717) is 37.7 Å².